The molecule has 3 nitrogen and oxygen atoms in total. The van der Waals surface area contributed by atoms with E-state index in [4.69, 9.17) is 6.42 Å². The second-order valence-corrected chi connectivity index (χ2v) is 10.2. The molecule has 0 aliphatic carbocycles. The lowest BCUT2D eigenvalue weighted by molar-refractivity contribution is -0.143. The van der Waals surface area contributed by atoms with Crippen LogP contribution in [0.2, 0.25) is 19.6 Å². The molecule has 0 aliphatic heterocycles. The summed E-state index contributed by atoms with van der Waals surface area (Å²) in [5.41, 5.74) is 0. The van der Waals surface area contributed by atoms with Gasteiger partial charge in [0.15, 0.2) is 0 Å². The first-order chi connectivity index (χ1) is 7.25. The van der Waals surface area contributed by atoms with Gasteiger partial charge in [0.25, 0.3) is 0 Å². The Kier molecular flexibility index (Phi) is 5.77. The van der Waals surface area contributed by atoms with E-state index in [9.17, 15) is 9.90 Å². The van der Waals surface area contributed by atoms with Gasteiger partial charge < -0.3 is 9.67 Å². The molecule has 0 saturated carbocycles. The molecule has 0 aromatic carbocycles. The number of hydrogen-bond donors (Lipinski definition) is 1. The number of terminal acetylenes is 1. The third kappa shape index (κ3) is 3.99. The fourth-order valence-corrected chi connectivity index (χ4v) is 3.04. The standard InChI is InChI=1S/C12H23NO2Si/c1-7-9-11(10(8-2)12(14)15)13(3)16(4,5)6/h1,10-11H,8-9H2,2-6H3,(H,14,15). The highest BCUT2D eigenvalue weighted by molar-refractivity contribution is 6.73. The van der Waals surface area contributed by atoms with Gasteiger partial charge >= 0.3 is 5.97 Å². The van der Waals surface area contributed by atoms with Crippen LogP contribution in [0, 0.1) is 18.3 Å². The zero-order chi connectivity index (χ0) is 12.9. The van der Waals surface area contributed by atoms with Crippen LogP contribution in [0.3, 0.4) is 0 Å². The van der Waals surface area contributed by atoms with E-state index in [0.29, 0.717) is 12.8 Å². The van der Waals surface area contributed by atoms with Gasteiger partial charge in [-0.05, 0) is 13.5 Å². The second-order valence-electron chi connectivity index (χ2n) is 5.11. The quantitative estimate of drug-likeness (QED) is 0.573. The fourth-order valence-electron chi connectivity index (χ4n) is 1.78. The molecule has 16 heavy (non-hydrogen) atoms. The van der Waals surface area contributed by atoms with Gasteiger partial charge in [0.05, 0.1) is 5.92 Å². The summed E-state index contributed by atoms with van der Waals surface area (Å²) in [4.78, 5) is 11.2. The van der Waals surface area contributed by atoms with Crippen LogP contribution >= 0.6 is 0 Å². The molecule has 2 atom stereocenters. The molecule has 0 radical (unpaired) electrons. The van der Waals surface area contributed by atoms with Crippen molar-refractivity contribution in [3.05, 3.63) is 0 Å². The van der Waals surface area contributed by atoms with Gasteiger partial charge in [0, 0.05) is 12.5 Å². The molecule has 1 N–H and O–H groups in total. The Morgan fingerprint density at radius 2 is 2.00 bits per heavy atom. The number of carbonyl (C=O) groups is 1. The van der Waals surface area contributed by atoms with Gasteiger partial charge in [-0.25, -0.2) is 0 Å². The van der Waals surface area contributed by atoms with Gasteiger partial charge in [-0.3, -0.25) is 4.79 Å². The van der Waals surface area contributed by atoms with E-state index < -0.39 is 14.2 Å². The van der Waals surface area contributed by atoms with Crippen molar-refractivity contribution < 1.29 is 9.90 Å². The van der Waals surface area contributed by atoms with Gasteiger partial charge in [-0.15, -0.1) is 12.3 Å². The predicted molar refractivity (Wildman–Crippen MR) is 69.8 cm³/mol. The Morgan fingerprint density at radius 1 is 1.50 bits per heavy atom. The van der Waals surface area contributed by atoms with Crippen LogP contribution in [-0.4, -0.2) is 37.0 Å². The third-order valence-electron chi connectivity index (χ3n) is 3.10. The van der Waals surface area contributed by atoms with E-state index in [2.05, 4.69) is 30.1 Å². The maximum atomic E-state index is 11.2. The monoisotopic (exact) mass is 241 g/mol. The van der Waals surface area contributed by atoms with E-state index in [1.165, 1.54) is 0 Å². The summed E-state index contributed by atoms with van der Waals surface area (Å²) in [5, 5.41) is 9.21. The van der Waals surface area contributed by atoms with Crippen molar-refractivity contribution >= 4 is 14.2 Å². The van der Waals surface area contributed by atoms with E-state index in [0.717, 1.165) is 0 Å². The van der Waals surface area contributed by atoms with Crippen LogP contribution in [0.25, 0.3) is 0 Å². The molecule has 0 heterocycles. The van der Waals surface area contributed by atoms with Crippen LogP contribution in [-0.2, 0) is 4.79 Å². The Morgan fingerprint density at radius 3 is 2.25 bits per heavy atom. The molecule has 0 aromatic heterocycles. The van der Waals surface area contributed by atoms with Crippen LogP contribution in [0.4, 0.5) is 0 Å². The molecule has 0 aromatic rings. The van der Waals surface area contributed by atoms with Crippen LogP contribution < -0.4 is 0 Å². The third-order valence-corrected chi connectivity index (χ3v) is 5.55. The molecule has 92 valence electrons. The molecule has 0 rings (SSSR count). The minimum absolute atomic E-state index is 0.0424. The smallest absolute Gasteiger partial charge is 0.308 e. The Bertz CT molecular complexity index is 278. The first-order valence-electron chi connectivity index (χ1n) is 5.64. The average Bonchev–Trinajstić information content (AvgIpc) is 2.14. The zero-order valence-electron chi connectivity index (χ0n) is 10.9. The summed E-state index contributed by atoms with van der Waals surface area (Å²) in [5.74, 6) is 1.50. The first kappa shape index (κ1) is 15.2. The van der Waals surface area contributed by atoms with Crippen LogP contribution in [0.1, 0.15) is 19.8 Å². The highest BCUT2D eigenvalue weighted by Crippen LogP contribution is 2.22. The largest absolute Gasteiger partial charge is 0.481 e. The maximum Gasteiger partial charge on any atom is 0.308 e. The van der Waals surface area contributed by atoms with E-state index in [1.54, 1.807) is 0 Å². The molecule has 0 fully saturated rings. The van der Waals surface area contributed by atoms with Crippen LogP contribution in [0.15, 0.2) is 0 Å². The van der Waals surface area contributed by atoms with Crippen molar-refractivity contribution in [3.8, 4) is 12.3 Å². The first-order valence-corrected chi connectivity index (χ1v) is 9.09. The number of carboxylic acid groups (broad SMARTS) is 1. The Hall–Kier alpha value is -0.793. The predicted octanol–water partition coefficient (Wildman–Crippen LogP) is 2.26. The van der Waals surface area contributed by atoms with Crippen LogP contribution in [0.5, 0.6) is 0 Å². The van der Waals surface area contributed by atoms with Gasteiger partial charge in [-0.1, -0.05) is 26.6 Å². The van der Waals surface area contributed by atoms with Gasteiger partial charge in [0.1, 0.15) is 8.24 Å². The van der Waals surface area contributed by atoms with Crippen molar-refractivity contribution in [2.45, 2.75) is 45.4 Å². The Labute approximate surface area is 99.9 Å². The molecule has 2 unspecified atom stereocenters. The lowest BCUT2D eigenvalue weighted by Crippen LogP contribution is -2.53. The lowest BCUT2D eigenvalue weighted by Gasteiger charge is -2.39. The fraction of sp³-hybridized carbons (Fsp3) is 0.750. The van der Waals surface area contributed by atoms with Crippen molar-refractivity contribution in [1.29, 1.82) is 0 Å². The normalized spacial score (nSPS) is 15.6. The molecule has 0 spiro atoms. The highest BCUT2D eigenvalue weighted by Gasteiger charge is 2.34. The number of aliphatic carboxylic acids is 1. The molecule has 0 aliphatic rings. The van der Waals surface area contributed by atoms with E-state index in [-0.39, 0.29) is 12.0 Å². The maximum absolute atomic E-state index is 11.2. The summed E-state index contributed by atoms with van der Waals surface area (Å²) >= 11 is 0. The number of carboxylic acids is 1. The SMILES string of the molecule is C#CCC(C(CC)C(=O)O)N(C)[Si](C)(C)C. The molecular weight excluding hydrogens is 218 g/mol. The van der Waals surface area contributed by atoms with Crippen molar-refractivity contribution in [2.75, 3.05) is 7.05 Å². The van der Waals surface area contributed by atoms with E-state index in [1.807, 2.05) is 14.0 Å². The summed E-state index contributed by atoms with van der Waals surface area (Å²) in [6.07, 6.45) is 6.48. The van der Waals surface area contributed by atoms with Gasteiger partial charge in [0.2, 0.25) is 0 Å². The number of nitrogens with zero attached hydrogens (tertiary/aromatic N) is 1. The number of hydrogen-bond acceptors (Lipinski definition) is 2. The Balaban J connectivity index is 4.99. The lowest BCUT2D eigenvalue weighted by atomic mass is 9.95. The summed E-state index contributed by atoms with van der Waals surface area (Å²) in [6.45, 7) is 8.50. The number of rotatable bonds is 6. The summed E-state index contributed by atoms with van der Waals surface area (Å²) in [7, 11) is 0.488. The zero-order valence-corrected chi connectivity index (χ0v) is 11.9. The van der Waals surface area contributed by atoms with Crippen molar-refractivity contribution in [2.24, 2.45) is 5.92 Å². The van der Waals surface area contributed by atoms with Gasteiger partial charge in [-0.2, -0.15) is 0 Å². The van der Waals surface area contributed by atoms with Crippen molar-refractivity contribution in [1.82, 2.24) is 4.57 Å². The summed E-state index contributed by atoms with van der Waals surface area (Å²) < 4.78 is 2.20. The molecule has 4 heteroatoms. The average molecular weight is 241 g/mol. The molecule has 0 bridgehead atoms. The minimum atomic E-state index is -1.51. The molecular formula is C12H23NO2Si. The summed E-state index contributed by atoms with van der Waals surface area (Å²) in [6, 6.07) is -0.0424. The van der Waals surface area contributed by atoms with E-state index >= 15 is 0 Å². The van der Waals surface area contributed by atoms with Crippen molar-refractivity contribution in [3.63, 3.8) is 0 Å². The molecule has 0 saturated heterocycles. The topological polar surface area (TPSA) is 40.5 Å². The minimum Gasteiger partial charge on any atom is -0.481 e. The highest BCUT2D eigenvalue weighted by atomic mass is 28.3. The molecule has 0 amide bonds. The second kappa shape index (κ2) is 6.07.